The maximum atomic E-state index is 5.98. The van der Waals surface area contributed by atoms with Gasteiger partial charge in [0.15, 0.2) is 0 Å². The van der Waals surface area contributed by atoms with Gasteiger partial charge < -0.3 is 8.83 Å². The maximum absolute atomic E-state index is 5.98. The maximum Gasteiger partial charge on any atom is 0.135 e. The Morgan fingerprint density at radius 2 is 0.825 bits per heavy atom. The number of furan rings is 2. The van der Waals surface area contributed by atoms with E-state index in [4.69, 9.17) is 8.83 Å². The molecule has 2 aromatic heterocycles. The molecule has 40 heavy (non-hydrogen) atoms. The fourth-order valence-electron chi connectivity index (χ4n) is 6.80. The molecule has 0 atom stereocenters. The van der Waals surface area contributed by atoms with Gasteiger partial charge in [0.05, 0.1) is 12.5 Å². The van der Waals surface area contributed by atoms with Crippen molar-refractivity contribution in [3.63, 3.8) is 0 Å². The van der Waals surface area contributed by atoms with Crippen LogP contribution in [0.1, 0.15) is 0 Å². The molecule has 0 fully saturated rings. The highest BCUT2D eigenvalue weighted by molar-refractivity contribution is 7.28. The first kappa shape index (κ1) is 21.2. The third-order valence-electron chi connectivity index (χ3n) is 8.42. The molecule has 0 bridgehead atoms. The number of rotatable bonds is 2. The van der Waals surface area contributed by atoms with Gasteiger partial charge in [0.1, 0.15) is 11.5 Å². The quantitative estimate of drug-likeness (QED) is 0.159. The summed E-state index contributed by atoms with van der Waals surface area (Å²) in [6.45, 7) is 0. The molecular formula is C36H18O2S2. The predicted molar refractivity (Wildman–Crippen MR) is 170 cm³/mol. The highest BCUT2D eigenvalue weighted by Crippen LogP contribution is 2.58. The van der Waals surface area contributed by atoms with E-state index in [9.17, 15) is 0 Å². The minimum absolute atomic E-state index is 0.907. The molecule has 2 aliphatic rings. The molecule has 2 aliphatic heterocycles. The summed E-state index contributed by atoms with van der Waals surface area (Å²) < 4.78 is 17.2. The van der Waals surface area contributed by atoms with E-state index in [1.165, 1.54) is 73.0 Å². The van der Waals surface area contributed by atoms with Gasteiger partial charge in [-0.05, 0) is 57.9 Å². The van der Waals surface area contributed by atoms with E-state index in [0.717, 1.165) is 22.6 Å². The van der Waals surface area contributed by atoms with Crippen molar-refractivity contribution < 1.29 is 8.83 Å². The minimum atomic E-state index is 0.907. The Hall–Kier alpha value is -4.64. The Labute approximate surface area is 236 Å². The lowest BCUT2D eigenvalue weighted by molar-refractivity contribution is 0.583. The van der Waals surface area contributed by atoms with E-state index in [-0.39, 0.29) is 0 Å². The molecule has 0 amide bonds. The van der Waals surface area contributed by atoms with Crippen LogP contribution in [0, 0.1) is 0 Å². The second-order valence-corrected chi connectivity index (χ2v) is 12.4. The summed E-state index contributed by atoms with van der Waals surface area (Å²) >= 11 is 3.80. The summed E-state index contributed by atoms with van der Waals surface area (Å²) in [5, 5.41) is 10.4. The molecular weight excluding hydrogens is 529 g/mol. The molecule has 4 heterocycles. The lowest BCUT2D eigenvalue weighted by atomic mass is 9.86. The lowest BCUT2D eigenvalue weighted by Gasteiger charge is -2.25. The number of benzene rings is 6. The van der Waals surface area contributed by atoms with Gasteiger partial charge >= 0.3 is 0 Å². The van der Waals surface area contributed by atoms with Crippen molar-refractivity contribution in [2.75, 3.05) is 0 Å². The van der Waals surface area contributed by atoms with Crippen LogP contribution in [-0.4, -0.2) is 0 Å². The molecule has 0 radical (unpaired) electrons. The van der Waals surface area contributed by atoms with Crippen molar-refractivity contribution in [3.05, 3.63) is 110 Å². The van der Waals surface area contributed by atoms with Gasteiger partial charge in [-0.2, -0.15) is 0 Å². The van der Waals surface area contributed by atoms with Crippen LogP contribution in [0.5, 0.6) is 0 Å². The van der Waals surface area contributed by atoms with Crippen molar-refractivity contribution in [1.82, 2.24) is 0 Å². The summed E-state index contributed by atoms with van der Waals surface area (Å²) in [4.78, 5) is 0. The zero-order chi connectivity index (χ0) is 25.9. The SMILES string of the molecule is c1coc(-c2ccc3c4ccccc4c4sc5c(-c6ccco6)ccc6c7ccccc7c7sc2c3c4-c7c56)c1. The molecule has 0 spiro atoms. The van der Waals surface area contributed by atoms with Crippen LogP contribution in [0.15, 0.2) is 118 Å². The molecule has 0 saturated heterocycles. The van der Waals surface area contributed by atoms with Gasteiger partial charge in [-0.1, -0.05) is 60.7 Å². The summed E-state index contributed by atoms with van der Waals surface area (Å²) in [5.74, 6) is 1.81. The zero-order valence-corrected chi connectivity index (χ0v) is 22.7. The first-order valence-corrected chi connectivity index (χ1v) is 15.0. The lowest BCUT2D eigenvalue weighted by Crippen LogP contribution is -1.96. The number of hydrogen-bond acceptors (Lipinski definition) is 4. The molecule has 0 N–H and O–H groups in total. The van der Waals surface area contributed by atoms with Gasteiger partial charge in [-0.3, -0.25) is 0 Å². The minimum Gasteiger partial charge on any atom is -0.464 e. The summed E-state index contributed by atoms with van der Waals surface area (Å²) in [5.41, 5.74) is 5.01. The predicted octanol–water partition coefficient (Wildman–Crippen LogP) is 11.8. The monoisotopic (exact) mass is 546 g/mol. The Morgan fingerprint density at radius 1 is 0.375 bits per heavy atom. The Bertz CT molecular complexity index is 2350. The highest BCUT2D eigenvalue weighted by atomic mass is 32.1. The second-order valence-electron chi connectivity index (χ2n) is 10.4. The summed E-state index contributed by atoms with van der Waals surface area (Å²) in [7, 11) is 0. The average Bonchev–Trinajstić information content (AvgIpc) is 3.74. The fourth-order valence-corrected chi connectivity index (χ4v) is 9.58. The smallest absolute Gasteiger partial charge is 0.135 e. The van der Waals surface area contributed by atoms with Crippen LogP contribution in [0.2, 0.25) is 0 Å². The van der Waals surface area contributed by atoms with Gasteiger partial charge in [0, 0.05) is 62.6 Å². The van der Waals surface area contributed by atoms with Crippen LogP contribution in [0.3, 0.4) is 0 Å². The molecule has 2 nitrogen and oxygen atoms in total. The van der Waals surface area contributed by atoms with Gasteiger partial charge in [-0.25, -0.2) is 0 Å². The van der Waals surface area contributed by atoms with Crippen molar-refractivity contribution in [3.8, 4) is 33.8 Å². The molecule has 0 saturated carbocycles. The molecule has 10 rings (SSSR count). The summed E-state index contributed by atoms with van der Waals surface area (Å²) in [6, 6.07) is 34.9. The van der Waals surface area contributed by atoms with Crippen LogP contribution < -0.4 is 0 Å². The van der Waals surface area contributed by atoms with Gasteiger partial charge in [0.25, 0.3) is 0 Å². The number of hydrogen-bond donors (Lipinski definition) is 0. The van der Waals surface area contributed by atoms with Crippen LogP contribution in [0.4, 0.5) is 0 Å². The zero-order valence-electron chi connectivity index (χ0n) is 21.0. The highest BCUT2D eigenvalue weighted by Gasteiger charge is 2.28. The Balaban J connectivity index is 1.58. The standard InChI is InChI=1S/C36H18O2S2/c1-3-9-23-19(7-1)21-13-15-25(27-11-5-17-37-27)35-29(21)31-32-30-22(20-8-2-4-10-24(20)34(32)40-35)14-16-26(28-12-6-18-38-28)36(30)39-33(23)31/h1-18H. The van der Waals surface area contributed by atoms with E-state index in [1.54, 1.807) is 12.5 Å². The van der Waals surface area contributed by atoms with E-state index >= 15 is 0 Å². The molecule has 0 aliphatic carbocycles. The van der Waals surface area contributed by atoms with E-state index in [2.05, 4.69) is 84.9 Å². The van der Waals surface area contributed by atoms with E-state index in [0.29, 0.717) is 0 Å². The second kappa shape index (κ2) is 7.51. The summed E-state index contributed by atoms with van der Waals surface area (Å²) in [6.07, 6.45) is 3.54. The molecule has 186 valence electrons. The van der Waals surface area contributed by atoms with Gasteiger partial charge in [0.2, 0.25) is 0 Å². The largest absolute Gasteiger partial charge is 0.464 e. The van der Waals surface area contributed by atoms with Crippen LogP contribution >= 0.6 is 22.7 Å². The normalized spacial score (nSPS) is 12.5. The topological polar surface area (TPSA) is 26.3 Å². The molecule has 0 unspecified atom stereocenters. The van der Waals surface area contributed by atoms with Crippen molar-refractivity contribution in [2.24, 2.45) is 0 Å². The van der Waals surface area contributed by atoms with E-state index in [1.807, 2.05) is 34.8 Å². The van der Waals surface area contributed by atoms with Crippen molar-refractivity contribution in [2.45, 2.75) is 0 Å². The fraction of sp³-hybridized carbons (Fsp3) is 0. The molecule has 8 aromatic rings. The molecule has 6 aromatic carbocycles. The Morgan fingerprint density at radius 3 is 1.25 bits per heavy atom. The third kappa shape index (κ3) is 2.54. The number of fused-ring (bicyclic) bond motifs is 6. The Kier molecular flexibility index (Phi) is 3.98. The first-order chi connectivity index (χ1) is 19.9. The van der Waals surface area contributed by atoms with Crippen molar-refractivity contribution >= 4 is 84.6 Å². The van der Waals surface area contributed by atoms with Crippen molar-refractivity contribution in [1.29, 1.82) is 0 Å². The average molecular weight is 547 g/mol. The molecule has 4 heteroatoms. The first-order valence-electron chi connectivity index (χ1n) is 13.3. The third-order valence-corrected chi connectivity index (χ3v) is 10.9. The van der Waals surface area contributed by atoms with Crippen LogP contribution in [-0.2, 0) is 0 Å². The van der Waals surface area contributed by atoms with Crippen LogP contribution in [0.25, 0.3) is 95.7 Å². The van der Waals surface area contributed by atoms with Gasteiger partial charge in [-0.15, -0.1) is 22.7 Å². The van der Waals surface area contributed by atoms with E-state index < -0.39 is 0 Å².